The van der Waals surface area contributed by atoms with Crippen LogP contribution in [0.1, 0.15) is 129 Å². The fourth-order valence-electron chi connectivity index (χ4n) is 12.4. The topological polar surface area (TPSA) is 8.17 Å². The van der Waals surface area contributed by atoms with E-state index in [0.717, 1.165) is 6.42 Å². The summed E-state index contributed by atoms with van der Waals surface area (Å²) in [5.41, 5.74) is 20.7. The Labute approximate surface area is 370 Å². The molecule has 4 aliphatic rings. The van der Waals surface area contributed by atoms with Gasteiger partial charge >= 0.3 is 0 Å². The average molecular weight is 811 g/mol. The van der Waals surface area contributed by atoms with E-state index < -0.39 is 0 Å². The van der Waals surface area contributed by atoms with Gasteiger partial charge in [-0.3, -0.25) is 0 Å². The summed E-state index contributed by atoms with van der Waals surface area (Å²) in [7, 11) is 0. The molecule has 1 unspecified atom stereocenters. The largest absolute Gasteiger partial charge is 0.313 e. The number of hydrogen-bond donors (Lipinski definition) is 0. The minimum atomic E-state index is 0.0310. The van der Waals surface area contributed by atoms with Crippen LogP contribution >= 0.6 is 0 Å². The van der Waals surface area contributed by atoms with Crippen LogP contribution in [0.2, 0.25) is 0 Å². The highest BCUT2D eigenvalue weighted by atomic mass is 15.2. The van der Waals surface area contributed by atoms with Gasteiger partial charge in [-0.05, 0) is 150 Å². The summed E-state index contributed by atoms with van der Waals surface area (Å²) >= 11 is 0. The third kappa shape index (κ3) is 4.87. The third-order valence-electron chi connectivity index (χ3n) is 18.7. The van der Waals surface area contributed by atoms with E-state index >= 15 is 0 Å². The van der Waals surface area contributed by atoms with Gasteiger partial charge in [0.2, 0.25) is 0 Å². The molecule has 0 radical (unpaired) electrons. The van der Waals surface area contributed by atoms with Crippen LogP contribution in [-0.4, -0.2) is 4.57 Å². The van der Waals surface area contributed by atoms with Gasteiger partial charge < -0.3 is 9.47 Å². The van der Waals surface area contributed by atoms with Gasteiger partial charge in [0.1, 0.15) is 0 Å². The van der Waals surface area contributed by atoms with Gasteiger partial charge in [-0.25, -0.2) is 0 Å². The maximum absolute atomic E-state index is 2.61. The van der Waals surface area contributed by atoms with Crippen molar-refractivity contribution in [1.29, 1.82) is 0 Å². The average Bonchev–Trinajstić information content (AvgIpc) is 3.82. The molecule has 7 aromatic rings. The number of anilines is 2. The summed E-state index contributed by atoms with van der Waals surface area (Å²) in [6.45, 7) is 29.5. The molecule has 3 aliphatic carbocycles. The van der Waals surface area contributed by atoms with E-state index in [4.69, 9.17) is 0 Å². The zero-order valence-electron chi connectivity index (χ0n) is 39.0. The van der Waals surface area contributed by atoms with Crippen LogP contribution < -0.4 is 4.90 Å². The van der Waals surface area contributed by atoms with Crippen molar-refractivity contribution in [2.24, 2.45) is 10.8 Å². The molecule has 62 heavy (non-hydrogen) atoms. The number of hydrogen-bond acceptors (Lipinski definition) is 1. The zero-order chi connectivity index (χ0) is 43.5. The van der Waals surface area contributed by atoms with Crippen LogP contribution in [0.15, 0.2) is 145 Å². The Morgan fingerprint density at radius 2 is 0.935 bits per heavy atom. The number of benzene rings is 6. The third-order valence-corrected chi connectivity index (χ3v) is 18.7. The minimum absolute atomic E-state index is 0.0310. The Kier molecular flexibility index (Phi) is 7.93. The van der Waals surface area contributed by atoms with Crippen LogP contribution in [0.25, 0.3) is 44.2 Å². The van der Waals surface area contributed by atoms with E-state index in [0.29, 0.717) is 5.92 Å². The second-order valence-corrected chi connectivity index (χ2v) is 22.3. The fraction of sp³-hybridized carbons (Fsp3) is 0.333. The summed E-state index contributed by atoms with van der Waals surface area (Å²) < 4.78 is 2.49. The van der Waals surface area contributed by atoms with E-state index in [1.54, 1.807) is 0 Å². The maximum atomic E-state index is 2.61. The van der Waals surface area contributed by atoms with Gasteiger partial charge in [-0.15, -0.1) is 0 Å². The van der Waals surface area contributed by atoms with Crippen molar-refractivity contribution in [3.8, 4) is 16.8 Å². The number of nitrogens with zero attached hydrogens (tertiary/aromatic N) is 2. The van der Waals surface area contributed by atoms with E-state index in [1.165, 1.54) is 94.6 Å². The molecular weight excluding hydrogens is 749 g/mol. The lowest BCUT2D eigenvalue weighted by atomic mass is 9.59. The van der Waals surface area contributed by atoms with E-state index in [9.17, 15) is 0 Å². The normalized spacial score (nSPS) is 21.6. The van der Waals surface area contributed by atoms with Crippen molar-refractivity contribution < 1.29 is 0 Å². The predicted octanol–water partition coefficient (Wildman–Crippen LogP) is 16.2. The SMILES string of the molecule is CC1(C)c2cc3c(cc2C(C)(C)C1(C)C)N(c1ccccc1)C1=CC=C(c2ccc(-c4ccc5c(c4)c4cc6c(cc4n5-c4ccccc4)C(C)(C)C(C)(C)C6(C)C)cc2)CC13. The molecule has 312 valence electrons. The molecule has 0 spiro atoms. The summed E-state index contributed by atoms with van der Waals surface area (Å²) in [6.07, 6.45) is 5.78. The molecule has 1 aliphatic heterocycles. The van der Waals surface area contributed by atoms with Crippen molar-refractivity contribution in [2.75, 3.05) is 4.90 Å². The van der Waals surface area contributed by atoms with Gasteiger partial charge in [-0.1, -0.05) is 162 Å². The van der Waals surface area contributed by atoms with E-state index in [1.807, 2.05) is 0 Å². The van der Waals surface area contributed by atoms with Crippen molar-refractivity contribution in [1.82, 2.24) is 4.57 Å². The summed E-state index contributed by atoms with van der Waals surface area (Å²) in [4.78, 5) is 2.55. The lowest BCUT2D eigenvalue weighted by Gasteiger charge is -2.44. The van der Waals surface area contributed by atoms with Gasteiger partial charge in [0.25, 0.3) is 0 Å². The van der Waals surface area contributed by atoms with Crippen molar-refractivity contribution >= 4 is 38.8 Å². The summed E-state index contributed by atoms with van der Waals surface area (Å²) in [5.74, 6) is 0.296. The second kappa shape index (κ2) is 12.5. The van der Waals surface area contributed by atoms with Crippen molar-refractivity contribution in [3.05, 3.63) is 179 Å². The molecule has 0 N–H and O–H groups in total. The molecule has 2 heterocycles. The molecule has 0 saturated carbocycles. The fourth-order valence-corrected chi connectivity index (χ4v) is 12.4. The Balaban J connectivity index is 0.987. The first-order valence-electron chi connectivity index (χ1n) is 23.0. The number of allylic oxidation sites excluding steroid dienone is 4. The van der Waals surface area contributed by atoms with E-state index in [2.05, 4.69) is 232 Å². The van der Waals surface area contributed by atoms with Gasteiger partial charge in [0.15, 0.2) is 0 Å². The molecule has 1 aromatic heterocycles. The molecule has 2 heteroatoms. The molecule has 6 aromatic carbocycles. The molecule has 0 saturated heterocycles. The van der Waals surface area contributed by atoms with Crippen LogP contribution in [0, 0.1) is 10.8 Å². The highest BCUT2D eigenvalue weighted by molar-refractivity contribution is 6.11. The van der Waals surface area contributed by atoms with Crippen LogP contribution in [0.5, 0.6) is 0 Å². The lowest BCUT2D eigenvalue weighted by Crippen LogP contribution is -2.42. The van der Waals surface area contributed by atoms with Gasteiger partial charge in [0.05, 0.1) is 16.7 Å². The second-order valence-electron chi connectivity index (χ2n) is 22.3. The summed E-state index contributed by atoms with van der Waals surface area (Å²) in [6, 6.07) is 48.7. The lowest BCUT2D eigenvalue weighted by molar-refractivity contribution is 0.125. The highest BCUT2D eigenvalue weighted by Gasteiger charge is 2.58. The van der Waals surface area contributed by atoms with E-state index in [-0.39, 0.29) is 32.5 Å². The Morgan fingerprint density at radius 3 is 1.55 bits per heavy atom. The Morgan fingerprint density at radius 1 is 0.435 bits per heavy atom. The van der Waals surface area contributed by atoms with Crippen LogP contribution in [0.3, 0.4) is 0 Å². The first-order chi connectivity index (χ1) is 29.3. The molecule has 1 atom stereocenters. The maximum Gasteiger partial charge on any atom is 0.0544 e. The smallest absolute Gasteiger partial charge is 0.0544 e. The van der Waals surface area contributed by atoms with Crippen LogP contribution in [0.4, 0.5) is 11.4 Å². The Bertz CT molecular complexity index is 3070. The molecule has 2 nitrogen and oxygen atoms in total. The minimum Gasteiger partial charge on any atom is -0.313 e. The number of aromatic nitrogens is 1. The van der Waals surface area contributed by atoms with Gasteiger partial charge in [0, 0.05) is 33.8 Å². The number of para-hydroxylation sites is 2. The number of rotatable bonds is 4. The standard InChI is InChI=1S/C60H62N2/c1-55(2)47-33-45-43-31-39(27-29-51(43)61(41-19-15-13-16-20-41)53(45)35-49(47)57(5,6)59(55,9)10)37-23-25-38(26-24-37)40-28-30-52-44(32-40)46-34-48-50(58(7,8)60(11,12)56(48,3)4)36-54(46)62(52)42-21-17-14-18-22-42/h13-31,33-36,44H,32H2,1-12H3. The molecule has 0 bridgehead atoms. The monoisotopic (exact) mass is 810 g/mol. The first kappa shape index (κ1) is 39.3. The molecule has 11 rings (SSSR count). The quantitative estimate of drug-likeness (QED) is 0.172. The molecule has 0 fully saturated rings. The summed E-state index contributed by atoms with van der Waals surface area (Å²) in [5, 5.41) is 2.64. The van der Waals surface area contributed by atoms with Crippen molar-refractivity contribution in [3.63, 3.8) is 0 Å². The zero-order valence-corrected chi connectivity index (χ0v) is 39.0. The molecule has 0 amide bonds. The Hall–Kier alpha value is -5.60. The number of fused-ring (bicyclic) bond motifs is 8. The first-order valence-corrected chi connectivity index (χ1v) is 23.0. The van der Waals surface area contributed by atoms with Crippen molar-refractivity contribution in [2.45, 2.75) is 117 Å². The highest BCUT2D eigenvalue weighted by Crippen LogP contribution is 2.65. The van der Waals surface area contributed by atoms with Gasteiger partial charge in [-0.2, -0.15) is 0 Å². The molecular formula is C60H62N2. The van der Waals surface area contributed by atoms with Crippen LogP contribution in [-0.2, 0) is 21.7 Å². The predicted molar refractivity (Wildman–Crippen MR) is 264 cm³/mol.